The molecule has 47 valence electrons. The SMILES string of the molecule is C[N]c1ccc(N)nc1. The molecule has 0 bridgehead atoms. The summed E-state index contributed by atoms with van der Waals surface area (Å²) in [4.78, 5) is 3.83. The molecule has 1 rings (SSSR count). The van der Waals surface area contributed by atoms with Gasteiger partial charge < -0.3 is 5.73 Å². The highest BCUT2D eigenvalue weighted by Gasteiger charge is 1.87. The first-order chi connectivity index (χ1) is 4.33. The molecule has 1 aromatic heterocycles. The number of hydrogen-bond acceptors (Lipinski definition) is 2. The van der Waals surface area contributed by atoms with Crippen LogP contribution in [0.5, 0.6) is 0 Å². The quantitative estimate of drug-likeness (QED) is 0.590. The van der Waals surface area contributed by atoms with Crippen LogP contribution in [0.4, 0.5) is 11.5 Å². The van der Waals surface area contributed by atoms with Gasteiger partial charge in [0.25, 0.3) is 0 Å². The van der Waals surface area contributed by atoms with Crippen LogP contribution >= 0.6 is 0 Å². The summed E-state index contributed by atoms with van der Waals surface area (Å²) in [6, 6.07) is 3.55. The van der Waals surface area contributed by atoms with Crippen molar-refractivity contribution in [2.24, 2.45) is 0 Å². The van der Waals surface area contributed by atoms with E-state index in [1.807, 2.05) is 6.07 Å². The molecule has 0 atom stereocenters. The van der Waals surface area contributed by atoms with Crippen LogP contribution in [0.3, 0.4) is 0 Å². The van der Waals surface area contributed by atoms with Crippen LogP contribution in [0.25, 0.3) is 0 Å². The fourth-order valence-corrected chi connectivity index (χ4v) is 0.530. The average Bonchev–Trinajstić information content (AvgIpc) is 1.90. The Balaban J connectivity index is 2.88. The monoisotopic (exact) mass is 122 g/mol. The number of aromatic nitrogens is 1. The van der Waals surface area contributed by atoms with Crippen molar-refractivity contribution >= 4 is 11.5 Å². The molecule has 0 spiro atoms. The lowest BCUT2D eigenvalue weighted by atomic mass is 10.4. The van der Waals surface area contributed by atoms with E-state index in [9.17, 15) is 0 Å². The first-order valence-electron chi connectivity index (χ1n) is 2.64. The van der Waals surface area contributed by atoms with Crippen LogP contribution in [0.15, 0.2) is 18.3 Å². The van der Waals surface area contributed by atoms with Gasteiger partial charge in [-0.2, -0.15) is 0 Å². The third-order valence-electron chi connectivity index (χ3n) is 1.03. The number of nitrogens with two attached hydrogens (primary N) is 1. The molecule has 1 radical (unpaired) electrons. The van der Waals surface area contributed by atoms with E-state index in [2.05, 4.69) is 10.3 Å². The molecular formula is C6H8N3. The number of rotatable bonds is 1. The molecule has 0 unspecified atom stereocenters. The Kier molecular flexibility index (Phi) is 1.53. The maximum absolute atomic E-state index is 5.33. The molecule has 0 aliphatic carbocycles. The van der Waals surface area contributed by atoms with Gasteiger partial charge in [-0.15, -0.1) is 0 Å². The van der Waals surface area contributed by atoms with E-state index < -0.39 is 0 Å². The zero-order valence-electron chi connectivity index (χ0n) is 5.20. The lowest BCUT2D eigenvalue weighted by Crippen LogP contribution is -1.91. The first-order valence-corrected chi connectivity index (χ1v) is 2.64. The van der Waals surface area contributed by atoms with Gasteiger partial charge >= 0.3 is 0 Å². The van der Waals surface area contributed by atoms with Crippen LogP contribution in [0, 0.1) is 0 Å². The minimum atomic E-state index is 0.530. The molecule has 0 amide bonds. The van der Waals surface area contributed by atoms with Gasteiger partial charge in [0.05, 0.1) is 11.9 Å². The number of hydrogen-bond donors (Lipinski definition) is 1. The van der Waals surface area contributed by atoms with Gasteiger partial charge in [0.1, 0.15) is 5.82 Å². The summed E-state index contributed by atoms with van der Waals surface area (Å²) >= 11 is 0. The predicted molar refractivity (Wildman–Crippen MR) is 36.4 cm³/mol. The number of nitrogens with zero attached hydrogens (tertiary/aromatic N) is 2. The van der Waals surface area contributed by atoms with Gasteiger partial charge in [-0.05, 0) is 12.1 Å². The first kappa shape index (κ1) is 5.88. The number of nitrogen functional groups attached to an aromatic ring is 1. The molecule has 0 aromatic carbocycles. The lowest BCUT2D eigenvalue weighted by molar-refractivity contribution is 1.07. The van der Waals surface area contributed by atoms with E-state index in [1.54, 1.807) is 19.3 Å². The fraction of sp³-hybridized carbons (Fsp3) is 0.167. The van der Waals surface area contributed by atoms with Crippen LogP contribution in [0.2, 0.25) is 0 Å². The zero-order chi connectivity index (χ0) is 6.69. The van der Waals surface area contributed by atoms with Gasteiger partial charge in [0.15, 0.2) is 0 Å². The van der Waals surface area contributed by atoms with Crippen molar-refractivity contribution in [3.8, 4) is 0 Å². The molecule has 0 aliphatic heterocycles. The summed E-state index contributed by atoms with van der Waals surface area (Å²) in [5, 5.41) is 3.89. The van der Waals surface area contributed by atoms with Gasteiger partial charge in [0.2, 0.25) is 0 Å². The van der Waals surface area contributed by atoms with Crippen LogP contribution in [-0.4, -0.2) is 12.0 Å². The van der Waals surface area contributed by atoms with Gasteiger partial charge in [-0.25, -0.2) is 4.98 Å². The molecule has 1 heterocycles. The normalized spacial score (nSPS) is 9.00. The predicted octanol–water partition coefficient (Wildman–Crippen LogP) is 0.529. The van der Waals surface area contributed by atoms with Gasteiger partial charge in [-0.3, -0.25) is 5.32 Å². The molecular weight excluding hydrogens is 114 g/mol. The van der Waals surface area contributed by atoms with E-state index in [1.165, 1.54) is 0 Å². The summed E-state index contributed by atoms with van der Waals surface area (Å²) in [6.07, 6.45) is 1.63. The Morgan fingerprint density at radius 3 is 2.78 bits per heavy atom. The Hall–Kier alpha value is -1.25. The molecule has 0 saturated heterocycles. The second-order valence-electron chi connectivity index (χ2n) is 1.66. The third-order valence-corrected chi connectivity index (χ3v) is 1.03. The van der Waals surface area contributed by atoms with E-state index in [0.717, 1.165) is 5.69 Å². The summed E-state index contributed by atoms with van der Waals surface area (Å²) in [6.45, 7) is 0. The molecule has 9 heavy (non-hydrogen) atoms. The van der Waals surface area contributed by atoms with E-state index in [-0.39, 0.29) is 0 Å². The van der Waals surface area contributed by atoms with Crippen LogP contribution in [0.1, 0.15) is 0 Å². The Bertz CT molecular complexity index is 180. The van der Waals surface area contributed by atoms with Crippen molar-refractivity contribution in [2.75, 3.05) is 12.8 Å². The highest BCUT2D eigenvalue weighted by molar-refractivity contribution is 5.39. The molecule has 3 heteroatoms. The molecule has 1 aromatic rings. The van der Waals surface area contributed by atoms with Crippen molar-refractivity contribution in [2.45, 2.75) is 0 Å². The standard InChI is InChI=1S/C6H8N3/c1-8-5-2-3-6(7)9-4-5/h2-4H,1H3,(H2,7,9). The molecule has 0 aliphatic rings. The molecule has 0 saturated carbocycles. The zero-order valence-corrected chi connectivity index (χ0v) is 5.20. The van der Waals surface area contributed by atoms with E-state index >= 15 is 0 Å². The Labute approximate surface area is 53.9 Å². The lowest BCUT2D eigenvalue weighted by Gasteiger charge is -1.94. The molecule has 0 fully saturated rings. The van der Waals surface area contributed by atoms with Crippen molar-refractivity contribution in [3.63, 3.8) is 0 Å². The minimum Gasteiger partial charge on any atom is -0.384 e. The highest BCUT2D eigenvalue weighted by Crippen LogP contribution is 2.04. The largest absolute Gasteiger partial charge is 0.384 e. The third kappa shape index (κ3) is 1.32. The van der Waals surface area contributed by atoms with Crippen molar-refractivity contribution in [3.05, 3.63) is 18.3 Å². The van der Waals surface area contributed by atoms with Crippen molar-refractivity contribution in [1.82, 2.24) is 10.3 Å². The Morgan fingerprint density at radius 2 is 2.33 bits per heavy atom. The van der Waals surface area contributed by atoms with E-state index in [0.29, 0.717) is 5.82 Å². The minimum absolute atomic E-state index is 0.530. The topological polar surface area (TPSA) is 53.0 Å². The van der Waals surface area contributed by atoms with E-state index in [4.69, 9.17) is 5.73 Å². The number of pyridine rings is 1. The van der Waals surface area contributed by atoms with Crippen LogP contribution < -0.4 is 11.1 Å². The summed E-state index contributed by atoms with van der Waals surface area (Å²) in [5.74, 6) is 0.530. The van der Waals surface area contributed by atoms with Gasteiger partial charge in [-0.1, -0.05) is 0 Å². The van der Waals surface area contributed by atoms with Gasteiger partial charge in [0, 0.05) is 7.05 Å². The summed E-state index contributed by atoms with van der Waals surface area (Å²) in [7, 11) is 1.72. The Morgan fingerprint density at radius 1 is 1.56 bits per heavy atom. The van der Waals surface area contributed by atoms with Crippen LogP contribution in [-0.2, 0) is 0 Å². The maximum atomic E-state index is 5.33. The second-order valence-corrected chi connectivity index (χ2v) is 1.66. The summed E-state index contributed by atoms with van der Waals surface area (Å²) in [5.41, 5.74) is 6.18. The fourth-order valence-electron chi connectivity index (χ4n) is 0.530. The second kappa shape index (κ2) is 2.35. The average molecular weight is 122 g/mol. The van der Waals surface area contributed by atoms with Crippen molar-refractivity contribution in [1.29, 1.82) is 0 Å². The maximum Gasteiger partial charge on any atom is 0.123 e. The number of anilines is 1. The highest BCUT2D eigenvalue weighted by atomic mass is 14.9. The summed E-state index contributed by atoms with van der Waals surface area (Å²) < 4.78 is 0. The smallest absolute Gasteiger partial charge is 0.123 e. The van der Waals surface area contributed by atoms with Crippen molar-refractivity contribution < 1.29 is 0 Å². The molecule has 3 nitrogen and oxygen atoms in total. The molecule has 2 N–H and O–H groups in total.